The molecule has 0 N–H and O–H groups in total. The number of amides is 1. The third kappa shape index (κ3) is 3.40. The van der Waals surface area contributed by atoms with E-state index in [1.54, 1.807) is 31.5 Å². The van der Waals surface area contributed by atoms with Crippen LogP contribution in [-0.4, -0.2) is 44.5 Å². The van der Waals surface area contributed by atoms with Crippen LogP contribution in [0.25, 0.3) is 5.65 Å². The van der Waals surface area contributed by atoms with Crippen molar-refractivity contribution >= 4 is 28.9 Å². The number of aryl methyl sites for hydroxylation is 2. The van der Waals surface area contributed by atoms with Crippen LogP contribution in [0, 0.1) is 17.0 Å². The molecule has 3 heterocycles. The Hall–Kier alpha value is -3.82. The van der Waals surface area contributed by atoms with Gasteiger partial charge in [0.05, 0.1) is 10.6 Å². The van der Waals surface area contributed by atoms with Crippen molar-refractivity contribution in [3.8, 4) is 0 Å². The van der Waals surface area contributed by atoms with Gasteiger partial charge in [-0.25, -0.2) is 14.3 Å². The average molecular weight is 395 g/mol. The standard InChI is InChI=1S/C19H17N5O5/c1-12-17(18-20-7-3-9-23(18)21-12)19(26)29-11-16(25)22-8-2-4-13-10-14(24(27)28)5-6-15(13)22/h3,5-7,9-10H,2,4,8,11H2,1H3. The molecule has 10 nitrogen and oxygen atoms in total. The number of non-ortho nitro benzene ring substituents is 1. The number of aromatic nitrogens is 3. The van der Waals surface area contributed by atoms with Gasteiger partial charge in [-0.05, 0) is 37.5 Å². The minimum atomic E-state index is -0.675. The molecule has 0 radical (unpaired) electrons. The van der Waals surface area contributed by atoms with Gasteiger partial charge in [-0.3, -0.25) is 14.9 Å². The zero-order chi connectivity index (χ0) is 20.5. The lowest BCUT2D eigenvalue weighted by Gasteiger charge is -2.29. The van der Waals surface area contributed by atoms with E-state index >= 15 is 0 Å². The maximum Gasteiger partial charge on any atom is 0.344 e. The molecular formula is C19H17N5O5. The van der Waals surface area contributed by atoms with Crippen molar-refractivity contribution in [2.45, 2.75) is 19.8 Å². The van der Waals surface area contributed by atoms with Crippen molar-refractivity contribution in [3.63, 3.8) is 0 Å². The highest BCUT2D eigenvalue weighted by molar-refractivity contribution is 6.00. The minimum Gasteiger partial charge on any atom is -0.452 e. The van der Waals surface area contributed by atoms with E-state index in [-0.39, 0.29) is 11.3 Å². The maximum absolute atomic E-state index is 12.7. The Morgan fingerprint density at radius 3 is 2.97 bits per heavy atom. The van der Waals surface area contributed by atoms with E-state index in [1.807, 2.05) is 0 Å². The van der Waals surface area contributed by atoms with Crippen LogP contribution >= 0.6 is 0 Å². The van der Waals surface area contributed by atoms with Crippen LogP contribution in [0.1, 0.15) is 28.0 Å². The zero-order valence-electron chi connectivity index (χ0n) is 15.6. The molecule has 1 aliphatic rings. The molecule has 29 heavy (non-hydrogen) atoms. The maximum atomic E-state index is 12.7. The van der Waals surface area contributed by atoms with E-state index in [0.29, 0.717) is 36.4 Å². The summed E-state index contributed by atoms with van der Waals surface area (Å²) in [6.45, 7) is 1.68. The molecule has 0 atom stereocenters. The van der Waals surface area contributed by atoms with Crippen LogP contribution in [-0.2, 0) is 16.0 Å². The monoisotopic (exact) mass is 395 g/mol. The molecule has 0 bridgehead atoms. The first kappa shape index (κ1) is 18.5. The van der Waals surface area contributed by atoms with E-state index < -0.39 is 23.4 Å². The van der Waals surface area contributed by atoms with Gasteiger partial charge in [-0.15, -0.1) is 0 Å². The molecular weight excluding hydrogens is 378 g/mol. The normalized spacial score (nSPS) is 13.2. The van der Waals surface area contributed by atoms with Crippen molar-refractivity contribution in [3.05, 3.63) is 63.6 Å². The van der Waals surface area contributed by atoms with Gasteiger partial charge < -0.3 is 9.64 Å². The fourth-order valence-corrected chi connectivity index (χ4v) is 3.47. The second-order valence-corrected chi connectivity index (χ2v) is 6.64. The van der Waals surface area contributed by atoms with Gasteiger partial charge in [0.25, 0.3) is 11.6 Å². The molecule has 148 valence electrons. The Morgan fingerprint density at radius 2 is 2.17 bits per heavy atom. The molecule has 0 saturated carbocycles. The van der Waals surface area contributed by atoms with Crippen LogP contribution in [0.15, 0.2) is 36.7 Å². The topological polar surface area (TPSA) is 120 Å². The summed E-state index contributed by atoms with van der Waals surface area (Å²) in [5, 5.41) is 15.2. The number of hydrogen-bond donors (Lipinski definition) is 0. The lowest BCUT2D eigenvalue weighted by atomic mass is 10.0. The summed E-state index contributed by atoms with van der Waals surface area (Å²) in [5.41, 5.74) is 2.35. The number of rotatable bonds is 4. The predicted octanol–water partition coefficient (Wildman–Crippen LogP) is 2.08. The van der Waals surface area contributed by atoms with Gasteiger partial charge in [0, 0.05) is 36.8 Å². The number of hydrogen-bond acceptors (Lipinski definition) is 7. The molecule has 0 fully saturated rings. The summed E-state index contributed by atoms with van der Waals surface area (Å²) in [7, 11) is 0. The lowest BCUT2D eigenvalue weighted by Crippen LogP contribution is -2.38. The third-order valence-corrected chi connectivity index (χ3v) is 4.79. The van der Waals surface area contributed by atoms with Crippen LogP contribution in [0.2, 0.25) is 0 Å². The first-order valence-electron chi connectivity index (χ1n) is 9.00. The molecule has 1 amide bonds. The summed E-state index contributed by atoms with van der Waals surface area (Å²) in [6, 6.07) is 6.10. The van der Waals surface area contributed by atoms with Crippen molar-refractivity contribution in [2.24, 2.45) is 0 Å². The summed E-state index contributed by atoms with van der Waals surface area (Å²) < 4.78 is 6.71. The second kappa shape index (κ2) is 7.30. The number of carbonyl (C=O) groups is 2. The molecule has 3 aromatic rings. The van der Waals surface area contributed by atoms with E-state index in [4.69, 9.17) is 4.74 Å². The summed E-state index contributed by atoms with van der Waals surface area (Å²) in [4.78, 5) is 41.4. The van der Waals surface area contributed by atoms with Crippen molar-refractivity contribution in [1.29, 1.82) is 0 Å². The van der Waals surface area contributed by atoms with Crippen molar-refractivity contribution in [1.82, 2.24) is 14.6 Å². The van der Waals surface area contributed by atoms with Gasteiger partial charge in [0.1, 0.15) is 5.56 Å². The highest BCUT2D eigenvalue weighted by Gasteiger charge is 2.26. The van der Waals surface area contributed by atoms with Crippen LogP contribution < -0.4 is 4.90 Å². The zero-order valence-corrected chi connectivity index (χ0v) is 15.6. The quantitative estimate of drug-likeness (QED) is 0.377. The predicted molar refractivity (Wildman–Crippen MR) is 102 cm³/mol. The first-order valence-corrected chi connectivity index (χ1v) is 9.00. The fraction of sp³-hybridized carbons (Fsp3) is 0.263. The summed E-state index contributed by atoms with van der Waals surface area (Å²) in [5.74, 6) is -1.07. The number of anilines is 1. The fourth-order valence-electron chi connectivity index (χ4n) is 3.47. The Bertz CT molecular complexity index is 1140. The van der Waals surface area contributed by atoms with Gasteiger partial charge in [0.15, 0.2) is 12.3 Å². The number of nitrogens with zero attached hydrogens (tertiary/aromatic N) is 5. The Morgan fingerprint density at radius 1 is 1.34 bits per heavy atom. The van der Waals surface area contributed by atoms with Gasteiger partial charge in [-0.2, -0.15) is 5.10 Å². The molecule has 4 rings (SSSR count). The molecule has 1 aliphatic heterocycles. The average Bonchev–Trinajstić information content (AvgIpc) is 3.06. The molecule has 0 spiro atoms. The number of nitro groups is 1. The van der Waals surface area contributed by atoms with E-state index in [9.17, 15) is 19.7 Å². The number of benzene rings is 1. The van der Waals surface area contributed by atoms with E-state index in [1.165, 1.54) is 21.5 Å². The van der Waals surface area contributed by atoms with Gasteiger partial charge in [-0.1, -0.05) is 0 Å². The number of fused-ring (bicyclic) bond motifs is 2. The first-order chi connectivity index (χ1) is 14.0. The highest BCUT2D eigenvalue weighted by Crippen LogP contribution is 2.30. The summed E-state index contributed by atoms with van der Waals surface area (Å²) >= 11 is 0. The Balaban J connectivity index is 1.50. The van der Waals surface area contributed by atoms with Crippen molar-refractivity contribution in [2.75, 3.05) is 18.1 Å². The van der Waals surface area contributed by atoms with Crippen LogP contribution in [0.4, 0.5) is 11.4 Å². The molecule has 0 aliphatic carbocycles. The summed E-state index contributed by atoms with van der Waals surface area (Å²) in [6.07, 6.45) is 4.53. The molecule has 0 unspecified atom stereocenters. The molecule has 10 heteroatoms. The number of carbonyl (C=O) groups excluding carboxylic acids is 2. The number of esters is 1. The lowest BCUT2D eigenvalue weighted by molar-refractivity contribution is -0.384. The van der Waals surface area contributed by atoms with Crippen LogP contribution in [0.5, 0.6) is 0 Å². The largest absolute Gasteiger partial charge is 0.452 e. The van der Waals surface area contributed by atoms with Gasteiger partial charge >= 0.3 is 5.97 Å². The van der Waals surface area contributed by atoms with Crippen LogP contribution in [0.3, 0.4) is 0 Å². The Labute approximate surface area is 164 Å². The molecule has 1 aromatic carbocycles. The second-order valence-electron chi connectivity index (χ2n) is 6.64. The molecule has 0 saturated heterocycles. The molecule has 2 aromatic heterocycles. The third-order valence-electron chi connectivity index (χ3n) is 4.79. The number of ether oxygens (including phenoxy) is 1. The SMILES string of the molecule is Cc1nn2cccnc2c1C(=O)OCC(=O)N1CCCc2cc([N+](=O)[O-])ccc21. The highest BCUT2D eigenvalue weighted by atomic mass is 16.6. The van der Waals surface area contributed by atoms with E-state index in [2.05, 4.69) is 10.1 Å². The smallest absolute Gasteiger partial charge is 0.344 e. The minimum absolute atomic E-state index is 0.0134. The number of nitro benzene ring substituents is 1. The van der Waals surface area contributed by atoms with Crippen molar-refractivity contribution < 1.29 is 19.2 Å². The Kier molecular flexibility index (Phi) is 4.67. The van der Waals surface area contributed by atoms with Gasteiger partial charge in [0.2, 0.25) is 0 Å². The van der Waals surface area contributed by atoms with E-state index in [0.717, 1.165) is 5.56 Å².